The Balaban J connectivity index is 1.96. The zero-order chi connectivity index (χ0) is 14.1. The van der Waals surface area contributed by atoms with Crippen molar-refractivity contribution >= 4 is 35.0 Å². The summed E-state index contributed by atoms with van der Waals surface area (Å²) in [5.74, 6) is 0.667. The normalized spacial score (nSPS) is 18.6. The van der Waals surface area contributed by atoms with Crippen molar-refractivity contribution in [3.63, 3.8) is 0 Å². The van der Waals surface area contributed by atoms with Gasteiger partial charge in [0.2, 0.25) is 5.91 Å². The van der Waals surface area contributed by atoms with E-state index in [2.05, 4.69) is 0 Å². The minimum absolute atomic E-state index is 0.0301. The van der Waals surface area contributed by atoms with Gasteiger partial charge in [0.1, 0.15) is 5.37 Å². The molecule has 1 saturated heterocycles. The van der Waals surface area contributed by atoms with E-state index in [1.807, 2.05) is 60.4 Å². The predicted octanol–water partition coefficient (Wildman–Crippen LogP) is 4.43. The van der Waals surface area contributed by atoms with Crippen LogP contribution in [0.4, 0.5) is 5.69 Å². The van der Waals surface area contributed by atoms with E-state index in [4.69, 9.17) is 11.6 Å². The molecule has 1 atom stereocenters. The molecule has 1 amide bonds. The lowest BCUT2D eigenvalue weighted by Gasteiger charge is -2.24. The van der Waals surface area contributed by atoms with Gasteiger partial charge in [-0.25, -0.2) is 0 Å². The highest BCUT2D eigenvalue weighted by Gasteiger charge is 2.33. The van der Waals surface area contributed by atoms with Crippen LogP contribution in [0.5, 0.6) is 0 Å². The standard InChI is InChI=1S/C16H14ClNOS/c1-11-2-8-14(9-3-11)18-15(19)10-20-16(18)12-4-6-13(17)7-5-12/h2-9,16H,10H2,1H3. The number of rotatable bonds is 2. The molecule has 0 aromatic heterocycles. The third-order valence-corrected chi connectivity index (χ3v) is 4.80. The van der Waals surface area contributed by atoms with Crippen molar-refractivity contribution in [1.29, 1.82) is 0 Å². The molecule has 0 bridgehead atoms. The maximum atomic E-state index is 12.2. The molecule has 0 radical (unpaired) electrons. The summed E-state index contributed by atoms with van der Waals surface area (Å²) >= 11 is 7.58. The number of halogens is 1. The average molecular weight is 304 g/mol. The van der Waals surface area contributed by atoms with Gasteiger partial charge in [0.15, 0.2) is 0 Å². The first-order valence-corrected chi connectivity index (χ1v) is 7.83. The molecule has 1 aliphatic rings. The van der Waals surface area contributed by atoms with Gasteiger partial charge in [-0.1, -0.05) is 41.4 Å². The highest BCUT2D eigenvalue weighted by atomic mass is 35.5. The lowest BCUT2D eigenvalue weighted by atomic mass is 10.1. The van der Waals surface area contributed by atoms with Gasteiger partial charge in [-0.3, -0.25) is 9.69 Å². The van der Waals surface area contributed by atoms with Crippen LogP contribution in [-0.4, -0.2) is 11.7 Å². The van der Waals surface area contributed by atoms with Crippen molar-refractivity contribution in [3.8, 4) is 0 Å². The molecule has 1 unspecified atom stereocenters. The zero-order valence-electron chi connectivity index (χ0n) is 11.0. The van der Waals surface area contributed by atoms with E-state index in [0.29, 0.717) is 10.8 Å². The van der Waals surface area contributed by atoms with Crippen LogP contribution >= 0.6 is 23.4 Å². The number of nitrogens with zero attached hydrogens (tertiary/aromatic N) is 1. The Morgan fingerprint density at radius 2 is 1.75 bits per heavy atom. The molecule has 1 heterocycles. The summed E-state index contributed by atoms with van der Waals surface area (Å²) in [5, 5.41) is 0.743. The number of hydrogen-bond acceptors (Lipinski definition) is 2. The molecule has 102 valence electrons. The molecule has 2 aromatic carbocycles. The number of carbonyl (C=O) groups is 1. The largest absolute Gasteiger partial charge is 0.295 e. The molecule has 0 saturated carbocycles. The Kier molecular flexibility index (Phi) is 3.72. The van der Waals surface area contributed by atoms with Gasteiger partial charge >= 0.3 is 0 Å². The van der Waals surface area contributed by atoms with Crippen molar-refractivity contribution in [1.82, 2.24) is 0 Å². The highest BCUT2D eigenvalue weighted by molar-refractivity contribution is 8.00. The molecule has 20 heavy (non-hydrogen) atoms. The van der Waals surface area contributed by atoms with Crippen LogP contribution in [0.15, 0.2) is 48.5 Å². The number of thioether (sulfide) groups is 1. The van der Waals surface area contributed by atoms with Gasteiger partial charge in [0.25, 0.3) is 0 Å². The topological polar surface area (TPSA) is 20.3 Å². The van der Waals surface area contributed by atoms with Crippen LogP contribution in [0.2, 0.25) is 5.02 Å². The van der Waals surface area contributed by atoms with Gasteiger partial charge in [0.05, 0.1) is 5.75 Å². The lowest BCUT2D eigenvalue weighted by Crippen LogP contribution is -2.27. The first-order valence-electron chi connectivity index (χ1n) is 6.41. The maximum Gasteiger partial charge on any atom is 0.238 e. The number of amides is 1. The van der Waals surface area contributed by atoms with E-state index in [1.165, 1.54) is 5.56 Å². The maximum absolute atomic E-state index is 12.2. The van der Waals surface area contributed by atoms with Crippen molar-refractivity contribution in [2.24, 2.45) is 0 Å². The summed E-state index contributed by atoms with van der Waals surface area (Å²) in [5.41, 5.74) is 3.24. The molecule has 3 rings (SSSR count). The number of carbonyl (C=O) groups excluding carboxylic acids is 1. The van der Waals surface area contributed by atoms with E-state index < -0.39 is 0 Å². The smallest absolute Gasteiger partial charge is 0.238 e. The van der Waals surface area contributed by atoms with Crippen LogP contribution in [-0.2, 0) is 4.79 Å². The number of hydrogen-bond donors (Lipinski definition) is 0. The number of aryl methyl sites for hydroxylation is 1. The van der Waals surface area contributed by atoms with Crippen LogP contribution in [0.1, 0.15) is 16.5 Å². The third-order valence-electron chi connectivity index (χ3n) is 3.34. The van der Waals surface area contributed by atoms with E-state index >= 15 is 0 Å². The Bertz CT molecular complexity index is 624. The van der Waals surface area contributed by atoms with Gasteiger partial charge < -0.3 is 0 Å². The van der Waals surface area contributed by atoms with E-state index in [-0.39, 0.29) is 11.3 Å². The summed E-state index contributed by atoms with van der Waals surface area (Å²) in [6.45, 7) is 2.04. The molecule has 2 nitrogen and oxygen atoms in total. The van der Waals surface area contributed by atoms with E-state index in [0.717, 1.165) is 11.3 Å². The van der Waals surface area contributed by atoms with Crippen LogP contribution in [0.25, 0.3) is 0 Å². The Morgan fingerprint density at radius 3 is 2.40 bits per heavy atom. The number of benzene rings is 2. The van der Waals surface area contributed by atoms with E-state index in [9.17, 15) is 4.79 Å². The van der Waals surface area contributed by atoms with E-state index in [1.54, 1.807) is 11.8 Å². The van der Waals surface area contributed by atoms with Crippen molar-refractivity contribution in [2.45, 2.75) is 12.3 Å². The van der Waals surface area contributed by atoms with Gasteiger partial charge in [-0.15, -0.1) is 11.8 Å². The molecule has 4 heteroatoms. The molecule has 0 aliphatic carbocycles. The van der Waals surface area contributed by atoms with Gasteiger partial charge in [0, 0.05) is 10.7 Å². The van der Waals surface area contributed by atoms with Crippen LogP contribution < -0.4 is 4.90 Å². The third kappa shape index (κ3) is 2.56. The van der Waals surface area contributed by atoms with Gasteiger partial charge in [-0.05, 0) is 36.8 Å². The first-order chi connectivity index (χ1) is 9.65. The van der Waals surface area contributed by atoms with Crippen molar-refractivity contribution in [3.05, 3.63) is 64.7 Å². The van der Waals surface area contributed by atoms with Gasteiger partial charge in [-0.2, -0.15) is 0 Å². The second kappa shape index (κ2) is 5.51. The Morgan fingerprint density at radius 1 is 1.10 bits per heavy atom. The monoisotopic (exact) mass is 303 g/mol. The lowest BCUT2D eigenvalue weighted by molar-refractivity contribution is -0.115. The molecular formula is C16H14ClNOS. The highest BCUT2D eigenvalue weighted by Crippen LogP contribution is 2.41. The minimum atomic E-state index is 0.0301. The molecule has 2 aromatic rings. The van der Waals surface area contributed by atoms with Crippen molar-refractivity contribution in [2.75, 3.05) is 10.7 Å². The Hall–Kier alpha value is -1.45. The average Bonchev–Trinajstić information content (AvgIpc) is 2.83. The first kappa shape index (κ1) is 13.5. The summed E-state index contributed by atoms with van der Waals surface area (Å²) in [6, 6.07) is 15.8. The molecule has 0 spiro atoms. The molecule has 1 fully saturated rings. The fourth-order valence-electron chi connectivity index (χ4n) is 2.28. The molecule has 0 N–H and O–H groups in total. The zero-order valence-corrected chi connectivity index (χ0v) is 12.6. The molecular weight excluding hydrogens is 290 g/mol. The fourth-order valence-corrected chi connectivity index (χ4v) is 3.59. The minimum Gasteiger partial charge on any atom is -0.295 e. The number of anilines is 1. The summed E-state index contributed by atoms with van der Waals surface area (Å²) in [6.07, 6.45) is 0. The second-order valence-corrected chi connectivity index (χ2v) is 6.32. The summed E-state index contributed by atoms with van der Waals surface area (Å²) in [7, 11) is 0. The van der Waals surface area contributed by atoms with Crippen molar-refractivity contribution < 1.29 is 4.79 Å². The van der Waals surface area contributed by atoms with Crippen LogP contribution in [0, 0.1) is 6.92 Å². The summed E-state index contributed by atoms with van der Waals surface area (Å²) < 4.78 is 0. The molecule has 1 aliphatic heterocycles. The Labute approximate surface area is 127 Å². The fraction of sp³-hybridized carbons (Fsp3) is 0.188. The second-order valence-electron chi connectivity index (χ2n) is 4.81. The van der Waals surface area contributed by atoms with Crippen LogP contribution in [0.3, 0.4) is 0 Å². The predicted molar refractivity (Wildman–Crippen MR) is 85.3 cm³/mol. The summed E-state index contributed by atoms with van der Waals surface area (Å²) in [4.78, 5) is 14.1. The SMILES string of the molecule is Cc1ccc(N2C(=O)CSC2c2ccc(Cl)cc2)cc1. The quantitative estimate of drug-likeness (QED) is 0.818.